The highest BCUT2D eigenvalue weighted by Crippen LogP contribution is 2.42. The second-order valence-corrected chi connectivity index (χ2v) is 7.82. The van der Waals surface area contributed by atoms with E-state index in [0.29, 0.717) is 17.2 Å². The number of aliphatic hydroxyl groups is 1. The Hall–Kier alpha value is -3.68. The lowest BCUT2D eigenvalue weighted by atomic mass is 9.97. The van der Waals surface area contributed by atoms with Gasteiger partial charge in [0.2, 0.25) is 5.95 Å². The molecule has 1 unspecified atom stereocenters. The van der Waals surface area contributed by atoms with Gasteiger partial charge in [0.05, 0.1) is 12.6 Å². The number of aliphatic hydroxyl groups excluding tert-OH is 1. The summed E-state index contributed by atoms with van der Waals surface area (Å²) in [6, 6.07) is 6.13. The van der Waals surface area contributed by atoms with Crippen LogP contribution in [0.1, 0.15) is 17.1 Å². The predicted octanol–water partition coefficient (Wildman–Crippen LogP) is 2.71. The molecule has 1 atom stereocenters. The van der Waals surface area contributed by atoms with Crippen molar-refractivity contribution in [2.24, 2.45) is 0 Å². The highest BCUT2D eigenvalue weighted by molar-refractivity contribution is 5.71. The molecule has 0 saturated heterocycles. The van der Waals surface area contributed by atoms with E-state index < -0.39 is 42.1 Å². The molecule has 8 nitrogen and oxygen atoms in total. The van der Waals surface area contributed by atoms with E-state index >= 15 is 0 Å². The van der Waals surface area contributed by atoms with Crippen molar-refractivity contribution in [3.05, 3.63) is 76.0 Å². The summed E-state index contributed by atoms with van der Waals surface area (Å²) in [4.78, 5) is 22.2. The minimum Gasteiger partial charge on any atom is -0.387 e. The fraction of sp³-hybridized carbons (Fsp3) is 0.333. The number of aromatic nitrogens is 5. The van der Waals surface area contributed by atoms with Crippen molar-refractivity contribution in [3.8, 4) is 0 Å². The Labute approximate surface area is 193 Å². The summed E-state index contributed by atoms with van der Waals surface area (Å²) in [5.41, 5.74) is -1.12. The third kappa shape index (κ3) is 4.78. The van der Waals surface area contributed by atoms with Crippen LogP contribution in [0.3, 0.4) is 0 Å². The van der Waals surface area contributed by atoms with E-state index in [2.05, 4.69) is 15.1 Å². The average Bonchev–Trinajstić information content (AvgIpc) is 3.25. The second kappa shape index (κ2) is 8.83. The Morgan fingerprint density at radius 2 is 1.77 bits per heavy atom. The molecule has 1 aliphatic rings. The van der Waals surface area contributed by atoms with E-state index in [1.54, 1.807) is 6.08 Å². The molecule has 0 amide bonds. The van der Waals surface area contributed by atoms with Gasteiger partial charge in [0.1, 0.15) is 24.0 Å². The number of nitrogens with zero attached hydrogens (tertiary/aromatic N) is 6. The first-order chi connectivity index (χ1) is 16.4. The maximum absolute atomic E-state index is 13.5. The fourth-order valence-corrected chi connectivity index (χ4v) is 3.56. The molecule has 1 aromatic carbocycles. The molecule has 1 aliphatic heterocycles. The number of benzene rings is 1. The number of hydrogen-bond acceptors (Lipinski definition) is 6. The van der Waals surface area contributed by atoms with E-state index in [0.717, 1.165) is 15.4 Å². The molecule has 186 valence electrons. The number of alkyl halides is 5. The molecule has 3 heterocycles. The molecule has 0 spiro atoms. The summed E-state index contributed by atoms with van der Waals surface area (Å²) < 4.78 is 79.5. The molecule has 14 heteroatoms. The Morgan fingerprint density at radius 1 is 1.09 bits per heavy atom. The Balaban J connectivity index is 1.53. The zero-order valence-electron chi connectivity index (χ0n) is 18.0. The molecule has 0 fully saturated rings. The van der Waals surface area contributed by atoms with Crippen LogP contribution in [0.15, 0.2) is 47.4 Å². The number of rotatable bonds is 5. The molecule has 35 heavy (non-hydrogen) atoms. The summed E-state index contributed by atoms with van der Waals surface area (Å²) in [6.45, 7) is 1.22. The number of hydrogen-bond donors (Lipinski definition) is 1. The van der Waals surface area contributed by atoms with Crippen LogP contribution < -0.4 is 10.6 Å². The minimum atomic E-state index is -5.81. The van der Waals surface area contributed by atoms with Crippen molar-refractivity contribution < 1.29 is 31.4 Å². The van der Waals surface area contributed by atoms with Crippen molar-refractivity contribution >= 4 is 11.5 Å². The quantitative estimate of drug-likeness (QED) is 0.542. The van der Waals surface area contributed by atoms with Gasteiger partial charge >= 0.3 is 17.8 Å². The Bertz CT molecular complexity index is 1320. The van der Waals surface area contributed by atoms with Crippen molar-refractivity contribution in [1.82, 2.24) is 24.3 Å². The first-order valence-corrected chi connectivity index (χ1v) is 10.2. The predicted molar refractivity (Wildman–Crippen MR) is 111 cm³/mol. The van der Waals surface area contributed by atoms with Crippen LogP contribution in [0, 0.1) is 12.7 Å². The SMILES string of the molecule is Cc1nc(N2CC=C(c3ccc(F)cc3)C(O)C2)nc(=O)n1Cn1ccc(C(F)(F)C(F)(F)F)n1. The van der Waals surface area contributed by atoms with Crippen molar-refractivity contribution in [2.75, 3.05) is 18.0 Å². The summed E-state index contributed by atoms with van der Waals surface area (Å²) >= 11 is 0. The van der Waals surface area contributed by atoms with Gasteiger partial charge in [-0.3, -0.25) is 9.25 Å². The average molecular weight is 500 g/mol. The smallest absolute Gasteiger partial charge is 0.387 e. The van der Waals surface area contributed by atoms with Gasteiger partial charge in [-0.25, -0.2) is 9.18 Å². The lowest BCUT2D eigenvalue weighted by Gasteiger charge is -2.30. The van der Waals surface area contributed by atoms with Gasteiger partial charge in [-0.1, -0.05) is 18.2 Å². The highest BCUT2D eigenvalue weighted by Gasteiger charge is 2.60. The van der Waals surface area contributed by atoms with E-state index in [1.165, 1.54) is 36.1 Å². The van der Waals surface area contributed by atoms with Gasteiger partial charge in [-0.05, 0) is 36.3 Å². The first kappa shape index (κ1) is 24.4. The summed E-state index contributed by atoms with van der Waals surface area (Å²) in [6.07, 6.45) is -4.21. The zero-order chi connectivity index (χ0) is 25.5. The van der Waals surface area contributed by atoms with Gasteiger partial charge in [-0.15, -0.1) is 0 Å². The first-order valence-electron chi connectivity index (χ1n) is 10.2. The van der Waals surface area contributed by atoms with Gasteiger partial charge in [0.15, 0.2) is 0 Å². The minimum absolute atomic E-state index is 0.00182. The van der Waals surface area contributed by atoms with E-state index in [-0.39, 0.29) is 24.9 Å². The number of anilines is 1. The summed E-state index contributed by atoms with van der Waals surface area (Å²) in [5.74, 6) is -5.45. The van der Waals surface area contributed by atoms with Crippen LogP contribution in [0.25, 0.3) is 5.57 Å². The van der Waals surface area contributed by atoms with Crippen molar-refractivity contribution in [2.45, 2.75) is 31.8 Å². The fourth-order valence-electron chi connectivity index (χ4n) is 3.56. The third-order valence-corrected chi connectivity index (χ3v) is 5.43. The maximum Gasteiger partial charge on any atom is 0.459 e. The van der Waals surface area contributed by atoms with Crippen LogP contribution >= 0.6 is 0 Å². The second-order valence-electron chi connectivity index (χ2n) is 7.82. The number of aryl methyl sites for hydroxylation is 1. The topological polar surface area (TPSA) is 89.1 Å². The monoisotopic (exact) mass is 500 g/mol. The molecule has 3 aromatic rings. The molecule has 0 saturated carbocycles. The Kier molecular flexibility index (Phi) is 6.17. The Morgan fingerprint density at radius 3 is 2.37 bits per heavy atom. The summed E-state index contributed by atoms with van der Waals surface area (Å²) in [5, 5.41) is 13.8. The number of β-amino-alcohol motifs (C(OH)–C–C–N with tert-alkyl or cyclic N) is 1. The van der Waals surface area contributed by atoms with Gasteiger partial charge < -0.3 is 10.0 Å². The van der Waals surface area contributed by atoms with E-state index in [4.69, 9.17) is 0 Å². The molecule has 0 bridgehead atoms. The highest BCUT2D eigenvalue weighted by atomic mass is 19.4. The van der Waals surface area contributed by atoms with E-state index in [9.17, 15) is 36.2 Å². The lowest BCUT2D eigenvalue weighted by Crippen LogP contribution is -2.41. The van der Waals surface area contributed by atoms with Crippen molar-refractivity contribution in [1.29, 1.82) is 0 Å². The van der Waals surface area contributed by atoms with Crippen LogP contribution in [0.5, 0.6) is 0 Å². The normalized spacial score (nSPS) is 17.0. The van der Waals surface area contributed by atoms with Gasteiger partial charge in [-0.2, -0.15) is 37.0 Å². The number of halogens is 6. The van der Waals surface area contributed by atoms with Crippen LogP contribution in [0.2, 0.25) is 0 Å². The standard InChI is InChI=1S/C21H18F6N6O2/c1-12-28-18(31-8-6-15(16(34)10-31)13-2-4-14(22)5-3-13)29-19(35)33(12)11-32-9-7-17(30-32)20(23,24)21(25,26)27/h2-7,9,16,34H,8,10-11H2,1H3. The molecule has 0 radical (unpaired) electrons. The molecule has 2 aromatic heterocycles. The van der Waals surface area contributed by atoms with Crippen LogP contribution in [-0.2, 0) is 12.6 Å². The van der Waals surface area contributed by atoms with Gasteiger partial charge in [0, 0.05) is 12.7 Å². The molecular formula is C21H18F6N6O2. The largest absolute Gasteiger partial charge is 0.459 e. The molecule has 0 aliphatic carbocycles. The van der Waals surface area contributed by atoms with Crippen LogP contribution in [0.4, 0.5) is 32.3 Å². The van der Waals surface area contributed by atoms with Crippen molar-refractivity contribution in [3.63, 3.8) is 0 Å². The van der Waals surface area contributed by atoms with Crippen LogP contribution in [-0.4, -0.2) is 54.8 Å². The maximum atomic E-state index is 13.5. The third-order valence-electron chi connectivity index (χ3n) is 5.43. The lowest BCUT2D eigenvalue weighted by molar-refractivity contribution is -0.291. The molecular weight excluding hydrogens is 482 g/mol. The summed E-state index contributed by atoms with van der Waals surface area (Å²) in [7, 11) is 0. The molecule has 4 rings (SSSR count). The molecule has 1 N–H and O–H groups in total. The zero-order valence-corrected chi connectivity index (χ0v) is 18.0. The van der Waals surface area contributed by atoms with E-state index in [1.807, 2.05) is 0 Å². The van der Waals surface area contributed by atoms with Gasteiger partial charge in [0.25, 0.3) is 0 Å².